The summed E-state index contributed by atoms with van der Waals surface area (Å²) in [7, 11) is 0. The molecule has 1 aromatic carbocycles. The lowest BCUT2D eigenvalue weighted by Gasteiger charge is -2.28. The fourth-order valence-electron chi connectivity index (χ4n) is 3.78. The Balaban J connectivity index is 1.51. The van der Waals surface area contributed by atoms with Gasteiger partial charge in [0, 0.05) is 19.6 Å². The minimum atomic E-state index is -0.643. The summed E-state index contributed by atoms with van der Waals surface area (Å²) in [5, 5.41) is 23.7. The summed E-state index contributed by atoms with van der Waals surface area (Å²) in [6.07, 6.45) is 1.64. The molecule has 4 rings (SSSR count). The molecule has 1 aliphatic heterocycles. The highest BCUT2D eigenvalue weighted by molar-refractivity contribution is 6.33. The van der Waals surface area contributed by atoms with Crippen molar-refractivity contribution in [3.8, 4) is 5.75 Å². The number of nitrogens with two attached hydrogens (primary N) is 1. The molecule has 0 atom stereocenters. The molecule has 0 radical (unpaired) electrons. The van der Waals surface area contributed by atoms with E-state index in [1.54, 1.807) is 12.3 Å². The third kappa shape index (κ3) is 4.96. The number of carbonyl (C=O) groups is 1. The zero-order chi connectivity index (χ0) is 23.5. The number of amides is 1. The van der Waals surface area contributed by atoms with Crippen LogP contribution in [-0.2, 0) is 11.3 Å². The van der Waals surface area contributed by atoms with Crippen LogP contribution >= 0.6 is 11.6 Å². The number of rotatable bonds is 7. The Morgan fingerprint density at radius 1 is 1.27 bits per heavy atom. The van der Waals surface area contributed by atoms with Gasteiger partial charge in [0.1, 0.15) is 22.9 Å². The number of primary amides is 1. The van der Waals surface area contributed by atoms with E-state index in [4.69, 9.17) is 22.1 Å². The first-order valence-electron chi connectivity index (χ1n) is 10.5. The number of carbonyl (C=O) groups excluding carboxylic acids is 1. The van der Waals surface area contributed by atoms with Gasteiger partial charge in [-0.1, -0.05) is 23.7 Å². The van der Waals surface area contributed by atoms with Gasteiger partial charge in [-0.15, -0.1) is 0 Å². The fraction of sp³-hybridized carbons (Fsp3) is 0.318. The number of anilines is 4. The number of phenolic OH excluding ortho intramolecular Hbond substituents is 1. The normalized spacial score (nSPS) is 13.7. The first-order chi connectivity index (χ1) is 15.8. The maximum absolute atomic E-state index is 12.2. The van der Waals surface area contributed by atoms with Crippen LogP contribution in [0.1, 0.15) is 27.0 Å². The number of aromatic amines is 1. The van der Waals surface area contributed by atoms with Gasteiger partial charge in [0.25, 0.3) is 5.91 Å². The second kappa shape index (κ2) is 9.55. The van der Waals surface area contributed by atoms with Crippen LogP contribution in [0.25, 0.3) is 0 Å². The number of hydrogen-bond donors (Lipinski definition) is 5. The minimum Gasteiger partial charge on any atom is -0.507 e. The monoisotopic (exact) mass is 471 g/mol. The number of H-pyrrole nitrogens is 1. The lowest BCUT2D eigenvalue weighted by atomic mass is 10.1. The SMILES string of the molecule is Cc1cc(CNc2n[nH]c(Nc3cnc(N4CCOCC4)c(Cl)c3)c2C(N)=O)cc(C)c1O. The predicted octanol–water partition coefficient (Wildman–Crippen LogP) is 3.07. The number of morpholine rings is 1. The summed E-state index contributed by atoms with van der Waals surface area (Å²) in [5.41, 5.74) is 8.89. The Kier molecular flexibility index (Phi) is 6.57. The molecule has 3 aromatic rings. The third-order valence-corrected chi connectivity index (χ3v) is 5.70. The van der Waals surface area contributed by atoms with E-state index in [-0.39, 0.29) is 11.3 Å². The molecule has 2 aromatic heterocycles. The molecule has 1 saturated heterocycles. The minimum absolute atomic E-state index is 0.190. The highest BCUT2D eigenvalue weighted by Crippen LogP contribution is 2.30. The Labute approximate surface area is 196 Å². The van der Waals surface area contributed by atoms with Crippen LogP contribution in [-0.4, -0.2) is 52.5 Å². The van der Waals surface area contributed by atoms with Crippen molar-refractivity contribution in [2.45, 2.75) is 20.4 Å². The van der Waals surface area contributed by atoms with Gasteiger partial charge in [-0.3, -0.25) is 9.89 Å². The summed E-state index contributed by atoms with van der Waals surface area (Å²) in [6.45, 7) is 6.78. The van der Waals surface area contributed by atoms with E-state index in [0.717, 1.165) is 29.8 Å². The zero-order valence-corrected chi connectivity index (χ0v) is 19.2. The Hall–Kier alpha value is -3.50. The number of benzene rings is 1. The molecule has 11 heteroatoms. The standard InChI is InChI=1S/C22H26ClN7O3/c1-12-7-14(8-13(2)18(12)31)10-25-20-17(19(24)32)21(29-28-20)27-15-9-16(23)22(26-11-15)30-3-5-33-6-4-30/h7-9,11,31H,3-6,10H2,1-2H3,(H2,24,32)(H3,25,27,28,29). The number of phenols is 1. The molecule has 0 saturated carbocycles. The van der Waals surface area contributed by atoms with Crippen molar-refractivity contribution in [1.82, 2.24) is 15.2 Å². The second-order valence-electron chi connectivity index (χ2n) is 7.87. The quantitative estimate of drug-likeness (QED) is 0.354. The van der Waals surface area contributed by atoms with Crippen molar-refractivity contribution in [3.05, 3.63) is 51.7 Å². The molecule has 1 amide bonds. The Morgan fingerprint density at radius 3 is 2.61 bits per heavy atom. The van der Waals surface area contributed by atoms with Crippen LogP contribution in [0.3, 0.4) is 0 Å². The smallest absolute Gasteiger partial charge is 0.256 e. The van der Waals surface area contributed by atoms with Crippen LogP contribution in [0.15, 0.2) is 24.4 Å². The van der Waals surface area contributed by atoms with E-state index in [2.05, 4.69) is 30.7 Å². The van der Waals surface area contributed by atoms with Crippen molar-refractivity contribution >= 4 is 40.6 Å². The van der Waals surface area contributed by atoms with Crippen molar-refractivity contribution in [2.75, 3.05) is 41.8 Å². The number of aryl methyl sites for hydroxylation is 2. The summed E-state index contributed by atoms with van der Waals surface area (Å²) in [5.74, 6) is 0.968. The summed E-state index contributed by atoms with van der Waals surface area (Å²) < 4.78 is 5.37. The van der Waals surface area contributed by atoms with Crippen LogP contribution in [0.4, 0.5) is 23.1 Å². The first kappa shape index (κ1) is 22.7. The molecule has 33 heavy (non-hydrogen) atoms. The number of pyridine rings is 1. The van der Waals surface area contributed by atoms with Crippen LogP contribution in [0.5, 0.6) is 5.75 Å². The summed E-state index contributed by atoms with van der Waals surface area (Å²) in [6, 6.07) is 5.48. The molecule has 0 aliphatic carbocycles. The molecule has 0 unspecified atom stereocenters. The van der Waals surface area contributed by atoms with Gasteiger partial charge in [-0.25, -0.2) is 4.98 Å². The molecule has 0 bridgehead atoms. The molecule has 1 aliphatic rings. The van der Waals surface area contributed by atoms with Crippen molar-refractivity contribution in [1.29, 1.82) is 0 Å². The molecule has 3 heterocycles. The number of nitrogens with one attached hydrogen (secondary N) is 3. The summed E-state index contributed by atoms with van der Waals surface area (Å²) in [4.78, 5) is 18.7. The topological polar surface area (TPSA) is 141 Å². The van der Waals surface area contributed by atoms with E-state index in [9.17, 15) is 9.90 Å². The molecule has 6 N–H and O–H groups in total. The molecule has 1 fully saturated rings. The maximum atomic E-state index is 12.2. The fourth-order valence-corrected chi connectivity index (χ4v) is 4.07. The summed E-state index contributed by atoms with van der Waals surface area (Å²) >= 11 is 6.46. The molecule has 174 valence electrons. The van der Waals surface area contributed by atoms with Gasteiger partial charge in [0.2, 0.25) is 0 Å². The molecular weight excluding hydrogens is 446 g/mol. The Bertz CT molecular complexity index is 1150. The van der Waals surface area contributed by atoms with Crippen molar-refractivity contribution < 1.29 is 14.6 Å². The maximum Gasteiger partial charge on any atom is 0.256 e. The second-order valence-corrected chi connectivity index (χ2v) is 8.28. The Morgan fingerprint density at radius 2 is 1.97 bits per heavy atom. The third-order valence-electron chi connectivity index (χ3n) is 5.43. The van der Waals surface area contributed by atoms with Crippen molar-refractivity contribution in [3.63, 3.8) is 0 Å². The number of nitrogens with zero attached hydrogens (tertiary/aromatic N) is 3. The van der Waals surface area contributed by atoms with Gasteiger partial charge in [-0.05, 0) is 36.6 Å². The number of aromatic nitrogens is 3. The predicted molar refractivity (Wildman–Crippen MR) is 128 cm³/mol. The van der Waals surface area contributed by atoms with Gasteiger partial charge < -0.3 is 31.1 Å². The van der Waals surface area contributed by atoms with Gasteiger partial charge in [-0.2, -0.15) is 5.10 Å². The average Bonchev–Trinajstić information content (AvgIpc) is 3.19. The zero-order valence-electron chi connectivity index (χ0n) is 18.4. The van der Waals surface area contributed by atoms with E-state index in [0.29, 0.717) is 47.9 Å². The highest BCUT2D eigenvalue weighted by Gasteiger charge is 2.20. The largest absolute Gasteiger partial charge is 0.507 e. The van der Waals surface area contributed by atoms with E-state index in [1.165, 1.54) is 0 Å². The van der Waals surface area contributed by atoms with Crippen LogP contribution in [0, 0.1) is 13.8 Å². The van der Waals surface area contributed by atoms with Gasteiger partial charge >= 0.3 is 0 Å². The van der Waals surface area contributed by atoms with Gasteiger partial charge in [0.05, 0.1) is 30.1 Å². The molecule has 0 spiro atoms. The van der Waals surface area contributed by atoms with E-state index in [1.807, 2.05) is 26.0 Å². The number of ether oxygens (including phenoxy) is 1. The van der Waals surface area contributed by atoms with Crippen LogP contribution < -0.4 is 21.3 Å². The number of aromatic hydroxyl groups is 1. The lowest BCUT2D eigenvalue weighted by Crippen LogP contribution is -2.36. The van der Waals surface area contributed by atoms with Gasteiger partial charge in [0.15, 0.2) is 5.82 Å². The number of hydrogen-bond acceptors (Lipinski definition) is 8. The highest BCUT2D eigenvalue weighted by atomic mass is 35.5. The van der Waals surface area contributed by atoms with E-state index >= 15 is 0 Å². The number of halogens is 1. The first-order valence-corrected chi connectivity index (χ1v) is 10.9. The van der Waals surface area contributed by atoms with Crippen LogP contribution in [0.2, 0.25) is 5.02 Å². The van der Waals surface area contributed by atoms with E-state index < -0.39 is 5.91 Å². The lowest BCUT2D eigenvalue weighted by molar-refractivity contribution is 0.100. The molecular formula is C22H26ClN7O3. The average molecular weight is 472 g/mol. The molecule has 10 nitrogen and oxygen atoms in total. The van der Waals surface area contributed by atoms with Crippen molar-refractivity contribution in [2.24, 2.45) is 5.73 Å².